The van der Waals surface area contributed by atoms with Crippen LogP contribution in [0.15, 0.2) is 6.07 Å². The fraction of sp³-hybridized carbons (Fsp3) is 0. The Bertz CT molecular complexity index is 177. The standard InChI is InChI=1S/C4H3ClFN3/c5-4-8-2(6)1-3(7)9-4/h1H,(H2,7,8,9). The van der Waals surface area contributed by atoms with E-state index in [1.807, 2.05) is 0 Å². The maximum atomic E-state index is 12.1. The summed E-state index contributed by atoms with van der Waals surface area (Å²) in [6.45, 7) is 0. The lowest BCUT2D eigenvalue weighted by molar-refractivity contribution is 0.581. The number of nitrogens with two attached hydrogens (primary N) is 1. The number of anilines is 1. The zero-order valence-corrected chi connectivity index (χ0v) is 5.06. The molecule has 9 heavy (non-hydrogen) atoms. The first-order valence-electron chi connectivity index (χ1n) is 2.14. The molecule has 0 amide bonds. The molecular formula is C4H3ClFN3. The Morgan fingerprint density at radius 1 is 1.56 bits per heavy atom. The number of nitrogen functional groups attached to an aromatic ring is 1. The molecule has 5 heteroatoms. The van der Waals surface area contributed by atoms with Crippen molar-refractivity contribution >= 4 is 17.4 Å². The quantitative estimate of drug-likeness (QED) is 0.437. The minimum atomic E-state index is -0.715. The summed E-state index contributed by atoms with van der Waals surface area (Å²) < 4.78 is 12.1. The van der Waals surface area contributed by atoms with Gasteiger partial charge in [0.15, 0.2) is 0 Å². The van der Waals surface area contributed by atoms with E-state index in [-0.39, 0.29) is 11.1 Å². The van der Waals surface area contributed by atoms with E-state index in [1.165, 1.54) is 0 Å². The second-order valence-corrected chi connectivity index (χ2v) is 1.72. The van der Waals surface area contributed by atoms with Crippen molar-refractivity contribution in [3.05, 3.63) is 17.3 Å². The van der Waals surface area contributed by atoms with Crippen LogP contribution in [0.4, 0.5) is 10.2 Å². The van der Waals surface area contributed by atoms with Gasteiger partial charge in [-0.25, -0.2) is 4.98 Å². The Kier molecular flexibility index (Phi) is 1.48. The van der Waals surface area contributed by atoms with Crippen LogP contribution in [0, 0.1) is 5.95 Å². The van der Waals surface area contributed by atoms with Crippen LogP contribution in [0.2, 0.25) is 5.28 Å². The predicted molar refractivity (Wildman–Crippen MR) is 31.4 cm³/mol. The van der Waals surface area contributed by atoms with Crippen molar-refractivity contribution in [3.8, 4) is 0 Å². The summed E-state index contributed by atoms with van der Waals surface area (Å²) in [4.78, 5) is 6.57. The second kappa shape index (κ2) is 2.14. The van der Waals surface area contributed by atoms with E-state index in [4.69, 9.17) is 17.3 Å². The average Bonchev–Trinajstić information content (AvgIpc) is 1.59. The number of aromatic nitrogens is 2. The lowest BCUT2D eigenvalue weighted by Gasteiger charge is -1.90. The van der Waals surface area contributed by atoms with E-state index in [9.17, 15) is 4.39 Å². The van der Waals surface area contributed by atoms with Crippen LogP contribution < -0.4 is 5.73 Å². The van der Waals surface area contributed by atoms with Gasteiger partial charge in [-0.2, -0.15) is 9.37 Å². The van der Waals surface area contributed by atoms with E-state index in [0.717, 1.165) is 6.07 Å². The van der Waals surface area contributed by atoms with Gasteiger partial charge in [0.25, 0.3) is 0 Å². The fourth-order valence-corrected chi connectivity index (χ4v) is 0.585. The lowest BCUT2D eigenvalue weighted by Crippen LogP contribution is -1.94. The van der Waals surface area contributed by atoms with E-state index in [0.29, 0.717) is 0 Å². The van der Waals surface area contributed by atoms with Crippen molar-refractivity contribution in [2.45, 2.75) is 0 Å². The van der Waals surface area contributed by atoms with Gasteiger partial charge in [-0.3, -0.25) is 0 Å². The SMILES string of the molecule is Nc1cc(F)nc(Cl)n1. The summed E-state index contributed by atoms with van der Waals surface area (Å²) in [5, 5.41) is -0.174. The third-order valence-electron chi connectivity index (χ3n) is 0.687. The fourth-order valence-electron chi connectivity index (χ4n) is 0.406. The van der Waals surface area contributed by atoms with Gasteiger partial charge in [0.2, 0.25) is 11.2 Å². The molecule has 48 valence electrons. The van der Waals surface area contributed by atoms with Gasteiger partial charge in [-0.15, -0.1) is 0 Å². The van der Waals surface area contributed by atoms with Crippen LogP contribution in [0.25, 0.3) is 0 Å². The molecule has 1 rings (SSSR count). The molecule has 0 fully saturated rings. The highest BCUT2D eigenvalue weighted by Gasteiger charge is 1.96. The molecule has 3 nitrogen and oxygen atoms in total. The van der Waals surface area contributed by atoms with Crippen LogP contribution in [0.1, 0.15) is 0 Å². The van der Waals surface area contributed by atoms with Crippen molar-refractivity contribution in [2.75, 3.05) is 5.73 Å². The van der Waals surface area contributed by atoms with Crippen LogP contribution in [0.5, 0.6) is 0 Å². The van der Waals surface area contributed by atoms with Crippen molar-refractivity contribution in [3.63, 3.8) is 0 Å². The highest BCUT2D eigenvalue weighted by Crippen LogP contribution is 2.04. The molecule has 0 atom stereocenters. The number of hydrogen-bond donors (Lipinski definition) is 1. The Balaban J connectivity index is 3.17. The minimum absolute atomic E-state index is 0.0347. The highest BCUT2D eigenvalue weighted by atomic mass is 35.5. The average molecular weight is 148 g/mol. The van der Waals surface area contributed by atoms with Crippen molar-refractivity contribution in [2.24, 2.45) is 0 Å². The number of hydrogen-bond acceptors (Lipinski definition) is 3. The van der Waals surface area contributed by atoms with Gasteiger partial charge in [-0.05, 0) is 11.6 Å². The molecule has 0 saturated carbocycles. The van der Waals surface area contributed by atoms with Gasteiger partial charge in [0.05, 0.1) is 0 Å². The molecule has 0 bridgehead atoms. The Morgan fingerprint density at radius 2 is 2.22 bits per heavy atom. The molecule has 0 aliphatic heterocycles. The number of halogens is 2. The lowest BCUT2D eigenvalue weighted by atomic mass is 10.6. The largest absolute Gasteiger partial charge is 0.383 e. The molecular weight excluding hydrogens is 145 g/mol. The zero-order valence-electron chi connectivity index (χ0n) is 4.31. The van der Waals surface area contributed by atoms with Crippen molar-refractivity contribution in [1.29, 1.82) is 0 Å². The number of rotatable bonds is 0. The Hall–Kier alpha value is -0.900. The van der Waals surface area contributed by atoms with Crippen LogP contribution in [-0.2, 0) is 0 Å². The smallest absolute Gasteiger partial charge is 0.226 e. The first-order chi connectivity index (χ1) is 4.18. The van der Waals surface area contributed by atoms with Gasteiger partial charge < -0.3 is 5.73 Å². The molecule has 1 aromatic heterocycles. The molecule has 0 aliphatic carbocycles. The summed E-state index contributed by atoms with van der Waals surface area (Å²) in [5.41, 5.74) is 5.08. The summed E-state index contributed by atoms with van der Waals surface area (Å²) in [5.74, 6) is -0.681. The Labute approximate surface area is 55.7 Å². The van der Waals surface area contributed by atoms with E-state index < -0.39 is 5.95 Å². The molecule has 0 radical (unpaired) electrons. The van der Waals surface area contributed by atoms with Gasteiger partial charge in [-0.1, -0.05) is 0 Å². The van der Waals surface area contributed by atoms with Crippen LogP contribution in [0.3, 0.4) is 0 Å². The summed E-state index contributed by atoms with van der Waals surface area (Å²) >= 11 is 5.21. The maximum Gasteiger partial charge on any atom is 0.226 e. The summed E-state index contributed by atoms with van der Waals surface area (Å²) in [6, 6.07) is 0.992. The van der Waals surface area contributed by atoms with Crippen LogP contribution >= 0.6 is 11.6 Å². The normalized spacial score (nSPS) is 9.56. The second-order valence-electron chi connectivity index (χ2n) is 1.38. The third kappa shape index (κ3) is 1.50. The minimum Gasteiger partial charge on any atom is -0.383 e. The summed E-state index contributed by atoms with van der Waals surface area (Å²) in [6.07, 6.45) is 0. The van der Waals surface area contributed by atoms with Crippen LogP contribution in [-0.4, -0.2) is 9.97 Å². The topological polar surface area (TPSA) is 51.8 Å². The first-order valence-corrected chi connectivity index (χ1v) is 2.52. The van der Waals surface area contributed by atoms with E-state index in [1.54, 1.807) is 0 Å². The summed E-state index contributed by atoms with van der Waals surface area (Å²) in [7, 11) is 0. The van der Waals surface area contributed by atoms with Gasteiger partial charge in [0.1, 0.15) is 5.82 Å². The van der Waals surface area contributed by atoms with Crippen molar-refractivity contribution < 1.29 is 4.39 Å². The maximum absolute atomic E-state index is 12.1. The van der Waals surface area contributed by atoms with Gasteiger partial charge in [0, 0.05) is 6.07 Å². The molecule has 1 aromatic rings. The number of nitrogens with zero attached hydrogens (tertiary/aromatic N) is 2. The molecule has 0 saturated heterocycles. The predicted octanol–water partition coefficient (Wildman–Crippen LogP) is 0.851. The first kappa shape index (κ1) is 6.22. The van der Waals surface area contributed by atoms with E-state index in [2.05, 4.69) is 9.97 Å². The molecule has 0 unspecified atom stereocenters. The third-order valence-corrected chi connectivity index (χ3v) is 0.856. The zero-order chi connectivity index (χ0) is 6.85. The molecule has 0 spiro atoms. The molecule has 2 N–H and O–H groups in total. The van der Waals surface area contributed by atoms with Crippen molar-refractivity contribution in [1.82, 2.24) is 9.97 Å². The molecule has 0 aromatic carbocycles. The molecule has 1 heterocycles. The highest BCUT2D eigenvalue weighted by molar-refractivity contribution is 6.28. The van der Waals surface area contributed by atoms with E-state index >= 15 is 0 Å². The Morgan fingerprint density at radius 3 is 2.67 bits per heavy atom. The van der Waals surface area contributed by atoms with Gasteiger partial charge >= 0.3 is 0 Å². The monoisotopic (exact) mass is 147 g/mol. The molecule has 0 aliphatic rings.